The van der Waals surface area contributed by atoms with Crippen LogP contribution in [0.4, 0.5) is 0 Å². The van der Waals surface area contributed by atoms with Crippen molar-refractivity contribution in [2.75, 3.05) is 5.75 Å². The third kappa shape index (κ3) is 6.37. The fourth-order valence-corrected chi connectivity index (χ4v) is 2.28. The second-order valence-corrected chi connectivity index (χ2v) is 5.27. The van der Waals surface area contributed by atoms with E-state index in [1.165, 1.54) is 5.56 Å². The molecule has 1 N–H and O–H groups in total. The van der Waals surface area contributed by atoms with Crippen LogP contribution in [0.3, 0.4) is 0 Å². The fourth-order valence-electron chi connectivity index (χ4n) is 1.38. The topological polar surface area (TPSA) is 29.1 Å². The van der Waals surface area contributed by atoms with Crippen LogP contribution in [-0.2, 0) is 10.5 Å². The van der Waals surface area contributed by atoms with Gasteiger partial charge in [-0.15, -0.1) is 0 Å². The molecule has 1 amide bonds. The first-order valence-electron chi connectivity index (χ1n) is 6.13. The van der Waals surface area contributed by atoms with E-state index < -0.39 is 0 Å². The van der Waals surface area contributed by atoms with E-state index >= 15 is 0 Å². The summed E-state index contributed by atoms with van der Waals surface area (Å²) in [5.74, 6) is 2.04. The zero-order valence-corrected chi connectivity index (χ0v) is 11.4. The lowest BCUT2D eigenvalue weighted by atomic mass is 10.2. The Hall–Kier alpha value is -0.960. The number of amides is 1. The summed E-state index contributed by atoms with van der Waals surface area (Å²) >= 11 is 1.81. The molecule has 1 aromatic carbocycles. The summed E-state index contributed by atoms with van der Waals surface area (Å²) in [6.45, 7) is 4.12. The number of carbonyl (C=O) groups is 1. The van der Waals surface area contributed by atoms with Crippen molar-refractivity contribution in [3.8, 4) is 0 Å². The molecule has 1 rings (SSSR count). The highest BCUT2D eigenvalue weighted by Crippen LogP contribution is 2.12. The lowest BCUT2D eigenvalue weighted by Gasteiger charge is -2.10. The van der Waals surface area contributed by atoms with Crippen LogP contribution in [0.25, 0.3) is 0 Å². The first-order valence-corrected chi connectivity index (χ1v) is 7.29. The van der Waals surface area contributed by atoms with Gasteiger partial charge in [0.2, 0.25) is 5.91 Å². The molecule has 0 heterocycles. The van der Waals surface area contributed by atoms with Gasteiger partial charge in [0.1, 0.15) is 0 Å². The number of hydrogen-bond acceptors (Lipinski definition) is 2. The molecular weight excluding hydrogens is 230 g/mol. The van der Waals surface area contributed by atoms with E-state index in [9.17, 15) is 4.79 Å². The Morgan fingerprint density at radius 1 is 1.35 bits per heavy atom. The number of rotatable bonds is 7. The molecule has 2 nitrogen and oxygen atoms in total. The van der Waals surface area contributed by atoms with E-state index in [4.69, 9.17) is 0 Å². The van der Waals surface area contributed by atoms with Gasteiger partial charge in [-0.2, -0.15) is 11.8 Å². The molecule has 0 saturated carbocycles. The third-order valence-corrected chi connectivity index (χ3v) is 3.64. The van der Waals surface area contributed by atoms with Crippen molar-refractivity contribution in [2.45, 2.75) is 38.5 Å². The number of carbonyl (C=O) groups excluding carboxylic acids is 1. The first kappa shape index (κ1) is 14.1. The van der Waals surface area contributed by atoms with Gasteiger partial charge in [-0.3, -0.25) is 4.79 Å². The van der Waals surface area contributed by atoms with Crippen molar-refractivity contribution in [2.24, 2.45) is 0 Å². The van der Waals surface area contributed by atoms with Crippen molar-refractivity contribution < 1.29 is 4.79 Å². The Labute approximate surface area is 108 Å². The maximum absolute atomic E-state index is 11.5. The van der Waals surface area contributed by atoms with E-state index in [-0.39, 0.29) is 5.91 Å². The summed E-state index contributed by atoms with van der Waals surface area (Å²) in [6, 6.07) is 10.6. The van der Waals surface area contributed by atoms with E-state index in [1.807, 2.05) is 36.9 Å². The second kappa shape index (κ2) is 8.18. The summed E-state index contributed by atoms with van der Waals surface area (Å²) in [5, 5.41) is 2.98. The predicted octanol–water partition coefficient (Wildman–Crippen LogP) is 3.22. The lowest BCUT2D eigenvalue weighted by molar-refractivity contribution is -0.121. The number of hydrogen-bond donors (Lipinski definition) is 1. The minimum atomic E-state index is 0.167. The monoisotopic (exact) mass is 251 g/mol. The average molecular weight is 251 g/mol. The molecule has 0 radical (unpaired) electrons. The molecule has 0 unspecified atom stereocenters. The number of nitrogens with one attached hydrogen (secondary N) is 1. The maximum atomic E-state index is 11.5. The van der Waals surface area contributed by atoms with Crippen LogP contribution in [0, 0.1) is 0 Å². The summed E-state index contributed by atoms with van der Waals surface area (Å²) in [4.78, 5) is 11.5. The van der Waals surface area contributed by atoms with E-state index in [2.05, 4.69) is 24.4 Å². The van der Waals surface area contributed by atoms with Crippen LogP contribution in [0.15, 0.2) is 30.3 Å². The SMILES string of the molecule is CC[C@@H](C)NC(=O)CCSCc1ccccc1. The van der Waals surface area contributed by atoms with Crippen LogP contribution in [0.1, 0.15) is 32.3 Å². The van der Waals surface area contributed by atoms with Gasteiger partial charge in [-0.05, 0) is 18.9 Å². The van der Waals surface area contributed by atoms with Crippen molar-refractivity contribution in [1.29, 1.82) is 0 Å². The Balaban J connectivity index is 2.10. The summed E-state index contributed by atoms with van der Waals surface area (Å²) < 4.78 is 0. The molecule has 3 heteroatoms. The zero-order chi connectivity index (χ0) is 12.5. The molecule has 0 bridgehead atoms. The second-order valence-electron chi connectivity index (χ2n) is 4.16. The summed E-state index contributed by atoms with van der Waals surface area (Å²) in [6.07, 6.45) is 1.60. The molecule has 1 atom stereocenters. The van der Waals surface area contributed by atoms with Crippen molar-refractivity contribution in [3.63, 3.8) is 0 Å². The van der Waals surface area contributed by atoms with Gasteiger partial charge in [0.05, 0.1) is 0 Å². The number of thioether (sulfide) groups is 1. The van der Waals surface area contributed by atoms with Gasteiger partial charge in [0.25, 0.3) is 0 Å². The van der Waals surface area contributed by atoms with E-state index in [0.29, 0.717) is 12.5 Å². The summed E-state index contributed by atoms with van der Waals surface area (Å²) in [5.41, 5.74) is 1.32. The van der Waals surface area contributed by atoms with Crippen LogP contribution >= 0.6 is 11.8 Å². The molecular formula is C14H21NOS. The van der Waals surface area contributed by atoms with Gasteiger partial charge >= 0.3 is 0 Å². The molecule has 0 spiro atoms. The van der Waals surface area contributed by atoms with E-state index in [0.717, 1.165) is 17.9 Å². The average Bonchev–Trinajstić information content (AvgIpc) is 2.36. The Kier molecular flexibility index (Phi) is 6.78. The maximum Gasteiger partial charge on any atom is 0.221 e. The van der Waals surface area contributed by atoms with Crippen molar-refractivity contribution >= 4 is 17.7 Å². The predicted molar refractivity (Wildman–Crippen MR) is 75.1 cm³/mol. The molecule has 0 aromatic heterocycles. The van der Waals surface area contributed by atoms with Crippen LogP contribution in [-0.4, -0.2) is 17.7 Å². The highest BCUT2D eigenvalue weighted by molar-refractivity contribution is 7.98. The van der Waals surface area contributed by atoms with Crippen LogP contribution in [0.2, 0.25) is 0 Å². The molecule has 0 aliphatic heterocycles. The van der Waals surface area contributed by atoms with Crippen LogP contribution in [0.5, 0.6) is 0 Å². The molecule has 0 aliphatic rings. The molecule has 94 valence electrons. The quantitative estimate of drug-likeness (QED) is 0.754. The van der Waals surface area contributed by atoms with Crippen LogP contribution < -0.4 is 5.32 Å². The largest absolute Gasteiger partial charge is 0.354 e. The van der Waals surface area contributed by atoms with Gasteiger partial charge in [-0.1, -0.05) is 37.3 Å². The first-order chi connectivity index (χ1) is 8.22. The van der Waals surface area contributed by atoms with Gasteiger partial charge < -0.3 is 5.32 Å². The van der Waals surface area contributed by atoms with Gasteiger partial charge in [0, 0.05) is 24.0 Å². The normalized spacial score (nSPS) is 12.1. The summed E-state index contributed by atoms with van der Waals surface area (Å²) in [7, 11) is 0. The molecule has 0 saturated heterocycles. The fraction of sp³-hybridized carbons (Fsp3) is 0.500. The third-order valence-electron chi connectivity index (χ3n) is 2.60. The Bertz CT molecular complexity index is 326. The highest BCUT2D eigenvalue weighted by atomic mass is 32.2. The zero-order valence-electron chi connectivity index (χ0n) is 10.6. The molecule has 0 fully saturated rings. The standard InChI is InChI=1S/C14H21NOS/c1-3-12(2)15-14(16)9-10-17-11-13-7-5-4-6-8-13/h4-8,12H,3,9-11H2,1-2H3,(H,15,16)/t12-/m1/s1. The van der Waals surface area contributed by atoms with Crippen molar-refractivity contribution in [1.82, 2.24) is 5.32 Å². The Morgan fingerprint density at radius 2 is 2.06 bits per heavy atom. The minimum absolute atomic E-state index is 0.167. The number of benzene rings is 1. The smallest absolute Gasteiger partial charge is 0.221 e. The van der Waals surface area contributed by atoms with Gasteiger partial charge in [-0.25, -0.2) is 0 Å². The van der Waals surface area contributed by atoms with Crippen molar-refractivity contribution in [3.05, 3.63) is 35.9 Å². The highest BCUT2D eigenvalue weighted by Gasteiger charge is 2.04. The van der Waals surface area contributed by atoms with E-state index in [1.54, 1.807) is 0 Å². The lowest BCUT2D eigenvalue weighted by Crippen LogP contribution is -2.32. The molecule has 1 aromatic rings. The van der Waals surface area contributed by atoms with Gasteiger partial charge in [0.15, 0.2) is 0 Å². The molecule has 0 aliphatic carbocycles. The minimum Gasteiger partial charge on any atom is -0.354 e. The Morgan fingerprint density at radius 3 is 2.71 bits per heavy atom. The molecule has 17 heavy (non-hydrogen) atoms.